The van der Waals surface area contributed by atoms with Gasteiger partial charge in [0.25, 0.3) is 11.8 Å². The van der Waals surface area contributed by atoms with Gasteiger partial charge in [-0.05, 0) is 63.6 Å². The smallest absolute Gasteiger partial charge is 0.410 e. The Morgan fingerprint density at radius 1 is 0.722 bits per heavy atom. The van der Waals surface area contributed by atoms with Gasteiger partial charge < -0.3 is 43.0 Å². The van der Waals surface area contributed by atoms with Crippen LogP contribution in [0.5, 0.6) is 11.5 Å². The second-order valence-corrected chi connectivity index (χ2v) is 13.7. The maximum absolute atomic E-state index is 13.1. The molecule has 0 aromatic heterocycles. The van der Waals surface area contributed by atoms with Crippen LogP contribution in [0.15, 0.2) is 42.5 Å². The standard InChI is InChI=1S/C38H50N4O12/c1-38(2,3)54-37(47)41-15-13-40(14-16-41)27-7-9-28(10-8-27)52-25-23-50-21-19-48-17-18-49-20-22-51-24-26-53-31-6-4-5-29-33(31)36(46)42(35(29)45)30-11-12-32(43)39-34(30)44/h4-10,30H,11-26H2,1-3H3,(H,39,43,44). The van der Waals surface area contributed by atoms with Crippen LogP contribution < -0.4 is 19.7 Å². The van der Waals surface area contributed by atoms with Gasteiger partial charge in [-0.3, -0.25) is 29.4 Å². The number of hydrogen-bond donors (Lipinski definition) is 1. The van der Waals surface area contributed by atoms with Crippen molar-refractivity contribution in [3.63, 3.8) is 0 Å². The number of benzene rings is 2. The Hall–Kier alpha value is -4.77. The Bertz CT molecular complexity index is 1600. The fourth-order valence-corrected chi connectivity index (χ4v) is 6.02. The fraction of sp³-hybridized carbons (Fsp3) is 0.553. The van der Waals surface area contributed by atoms with Gasteiger partial charge >= 0.3 is 6.09 Å². The number of fused-ring (bicyclic) bond motifs is 1. The first kappa shape index (κ1) is 40.4. The van der Waals surface area contributed by atoms with Crippen molar-refractivity contribution in [3.8, 4) is 11.5 Å². The van der Waals surface area contributed by atoms with Crippen LogP contribution in [0.2, 0.25) is 0 Å². The Labute approximate surface area is 314 Å². The van der Waals surface area contributed by atoms with Gasteiger partial charge in [0.2, 0.25) is 11.8 Å². The lowest BCUT2D eigenvalue weighted by Crippen LogP contribution is -2.54. The Morgan fingerprint density at radius 3 is 1.87 bits per heavy atom. The van der Waals surface area contributed by atoms with Gasteiger partial charge in [-0.1, -0.05) is 6.07 Å². The van der Waals surface area contributed by atoms with Crippen LogP contribution in [0.3, 0.4) is 0 Å². The Kier molecular flexibility index (Phi) is 14.6. The molecule has 0 spiro atoms. The number of piperidine rings is 1. The van der Waals surface area contributed by atoms with Gasteiger partial charge in [0.1, 0.15) is 36.4 Å². The zero-order chi connectivity index (χ0) is 38.5. The van der Waals surface area contributed by atoms with Crippen molar-refractivity contribution in [2.45, 2.75) is 45.3 Å². The van der Waals surface area contributed by atoms with Crippen molar-refractivity contribution in [2.75, 3.05) is 97.1 Å². The number of rotatable bonds is 19. The quantitative estimate of drug-likeness (QED) is 0.164. The first-order chi connectivity index (χ1) is 26.0. The van der Waals surface area contributed by atoms with E-state index < -0.39 is 35.3 Å². The second-order valence-electron chi connectivity index (χ2n) is 13.7. The minimum absolute atomic E-state index is 0.0491. The predicted octanol–water partition coefficient (Wildman–Crippen LogP) is 2.67. The molecule has 3 aliphatic rings. The number of carbonyl (C=O) groups is 5. The summed E-state index contributed by atoms with van der Waals surface area (Å²) >= 11 is 0. The first-order valence-electron chi connectivity index (χ1n) is 18.3. The summed E-state index contributed by atoms with van der Waals surface area (Å²) < 4.78 is 39.2. The number of ether oxygens (including phenoxy) is 7. The molecule has 2 aromatic carbocycles. The lowest BCUT2D eigenvalue weighted by atomic mass is 10.0. The average Bonchev–Trinajstić information content (AvgIpc) is 3.40. The first-order valence-corrected chi connectivity index (χ1v) is 18.3. The van der Waals surface area contributed by atoms with Crippen LogP contribution in [0.4, 0.5) is 10.5 Å². The molecule has 0 saturated carbocycles. The molecule has 2 aromatic rings. The minimum Gasteiger partial charge on any atom is -0.491 e. The topological polar surface area (TPSA) is 172 Å². The van der Waals surface area contributed by atoms with E-state index in [1.807, 2.05) is 45.0 Å². The number of nitrogens with one attached hydrogen (secondary N) is 1. The van der Waals surface area contributed by atoms with E-state index in [-0.39, 0.29) is 49.0 Å². The number of piperazine rings is 1. The summed E-state index contributed by atoms with van der Waals surface area (Å²) in [5.41, 5.74) is 0.833. The number of anilines is 1. The summed E-state index contributed by atoms with van der Waals surface area (Å²) in [6.07, 6.45) is -0.138. The maximum atomic E-state index is 13.1. The zero-order valence-electron chi connectivity index (χ0n) is 31.2. The molecule has 0 aliphatic carbocycles. The van der Waals surface area contributed by atoms with E-state index in [1.54, 1.807) is 17.0 Å². The molecule has 3 aliphatic heterocycles. The monoisotopic (exact) mass is 754 g/mol. The molecule has 0 radical (unpaired) electrons. The third-order valence-corrected chi connectivity index (χ3v) is 8.66. The summed E-state index contributed by atoms with van der Waals surface area (Å²) in [5.74, 6) is -1.32. The Balaban J connectivity index is 0.837. The van der Waals surface area contributed by atoms with E-state index in [4.69, 9.17) is 33.2 Å². The highest BCUT2D eigenvalue weighted by atomic mass is 16.6. The summed E-state index contributed by atoms with van der Waals surface area (Å²) in [5, 5.41) is 2.18. The maximum Gasteiger partial charge on any atom is 0.410 e. The molecule has 3 heterocycles. The number of hydrogen-bond acceptors (Lipinski definition) is 13. The van der Waals surface area contributed by atoms with Crippen molar-refractivity contribution >= 4 is 35.4 Å². The molecule has 2 fully saturated rings. The van der Waals surface area contributed by atoms with E-state index >= 15 is 0 Å². The molecule has 54 heavy (non-hydrogen) atoms. The van der Waals surface area contributed by atoms with E-state index in [1.165, 1.54) is 6.07 Å². The minimum atomic E-state index is -1.04. The average molecular weight is 755 g/mol. The van der Waals surface area contributed by atoms with E-state index in [0.29, 0.717) is 65.9 Å². The van der Waals surface area contributed by atoms with Crippen molar-refractivity contribution in [1.82, 2.24) is 15.1 Å². The van der Waals surface area contributed by atoms with Gasteiger partial charge in [0, 0.05) is 38.3 Å². The highest BCUT2D eigenvalue weighted by molar-refractivity contribution is 6.24. The molecular formula is C38H50N4O12. The van der Waals surface area contributed by atoms with Crippen molar-refractivity contribution < 1.29 is 57.1 Å². The summed E-state index contributed by atoms with van der Waals surface area (Å²) in [6, 6.07) is 11.6. The summed E-state index contributed by atoms with van der Waals surface area (Å²) in [6.45, 7) is 11.9. The molecule has 0 bridgehead atoms. The van der Waals surface area contributed by atoms with Crippen LogP contribution in [0, 0.1) is 0 Å². The zero-order valence-corrected chi connectivity index (χ0v) is 31.2. The van der Waals surface area contributed by atoms with E-state index in [0.717, 1.165) is 29.4 Å². The number of nitrogens with zero attached hydrogens (tertiary/aromatic N) is 3. The highest BCUT2D eigenvalue weighted by Gasteiger charge is 2.46. The number of amides is 5. The van der Waals surface area contributed by atoms with Crippen LogP contribution in [-0.2, 0) is 33.3 Å². The van der Waals surface area contributed by atoms with Crippen LogP contribution in [-0.4, -0.2) is 143 Å². The molecule has 1 unspecified atom stereocenters. The molecule has 1 N–H and O–H groups in total. The van der Waals surface area contributed by atoms with Crippen LogP contribution >= 0.6 is 0 Å². The van der Waals surface area contributed by atoms with Gasteiger partial charge in [0.15, 0.2) is 0 Å². The fourth-order valence-electron chi connectivity index (χ4n) is 6.02. The molecule has 1 atom stereocenters. The SMILES string of the molecule is CC(C)(C)OC(=O)N1CCN(c2ccc(OCCOCCOCCOCCOCCOc3cccc4c3C(=O)N(C3CCC(=O)NC3=O)C4=O)cc2)CC1. The molecule has 2 saturated heterocycles. The van der Waals surface area contributed by atoms with Crippen LogP contribution in [0.25, 0.3) is 0 Å². The lowest BCUT2D eigenvalue weighted by Gasteiger charge is -2.36. The number of imide groups is 2. The summed E-state index contributed by atoms with van der Waals surface area (Å²) in [7, 11) is 0. The van der Waals surface area contributed by atoms with Crippen LogP contribution in [0.1, 0.15) is 54.3 Å². The van der Waals surface area contributed by atoms with Gasteiger partial charge in [-0.25, -0.2) is 4.79 Å². The molecule has 5 rings (SSSR count). The molecule has 16 nitrogen and oxygen atoms in total. The van der Waals surface area contributed by atoms with E-state index in [9.17, 15) is 24.0 Å². The van der Waals surface area contributed by atoms with Crippen molar-refractivity contribution in [1.29, 1.82) is 0 Å². The summed E-state index contributed by atoms with van der Waals surface area (Å²) in [4.78, 5) is 67.1. The largest absolute Gasteiger partial charge is 0.491 e. The lowest BCUT2D eigenvalue weighted by molar-refractivity contribution is -0.136. The molecule has 16 heteroatoms. The Morgan fingerprint density at radius 2 is 1.30 bits per heavy atom. The van der Waals surface area contributed by atoms with Gasteiger partial charge in [-0.15, -0.1) is 0 Å². The molecule has 5 amide bonds. The predicted molar refractivity (Wildman–Crippen MR) is 194 cm³/mol. The third-order valence-electron chi connectivity index (χ3n) is 8.66. The molecular weight excluding hydrogens is 704 g/mol. The molecule has 294 valence electrons. The highest BCUT2D eigenvalue weighted by Crippen LogP contribution is 2.33. The van der Waals surface area contributed by atoms with E-state index in [2.05, 4.69) is 10.2 Å². The number of carbonyl (C=O) groups excluding carboxylic acids is 5. The normalized spacial score (nSPS) is 17.5. The van der Waals surface area contributed by atoms with Gasteiger partial charge in [-0.2, -0.15) is 0 Å². The third kappa shape index (κ3) is 11.4. The second kappa shape index (κ2) is 19.5. The van der Waals surface area contributed by atoms with Gasteiger partial charge in [0.05, 0.1) is 64.0 Å². The van der Waals surface area contributed by atoms with Crippen molar-refractivity contribution in [3.05, 3.63) is 53.6 Å². The van der Waals surface area contributed by atoms with Crippen molar-refractivity contribution in [2.24, 2.45) is 0 Å².